The van der Waals surface area contributed by atoms with Gasteiger partial charge in [-0.05, 0) is 43.0 Å². The molecular weight excluding hydrogens is 414 g/mol. The van der Waals surface area contributed by atoms with E-state index >= 15 is 0 Å². The van der Waals surface area contributed by atoms with E-state index in [4.69, 9.17) is 11.6 Å². The molecule has 0 aliphatic heterocycles. The molecule has 0 spiro atoms. The van der Waals surface area contributed by atoms with Crippen LogP contribution in [-0.2, 0) is 11.3 Å². The molecule has 7 nitrogen and oxygen atoms in total. The third-order valence-corrected chi connectivity index (χ3v) is 5.45. The highest BCUT2D eigenvalue weighted by Crippen LogP contribution is 2.35. The van der Waals surface area contributed by atoms with Gasteiger partial charge >= 0.3 is 0 Å². The summed E-state index contributed by atoms with van der Waals surface area (Å²) >= 11 is 6.51. The van der Waals surface area contributed by atoms with Crippen molar-refractivity contribution in [1.82, 2.24) is 20.3 Å². The van der Waals surface area contributed by atoms with Crippen molar-refractivity contribution in [2.45, 2.75) is 26.3 Å². The maximum Gasteiger partial charge on any atom is 0.253 e. The molecule has 0 atom stereocenters. The molecule has 4 rings (SSSR count). The molecule has 0 radical (unpaired) electrons. The Labute approximate surface area is 185 Å². The molecule has 0 bridgehead atoms. The number of benzene rings is 1. The van der Waals surface area contributed by atoms with Crippen molar-refractivity contribution in [3.63, 3.8) is 0 Å². The molecule has 2 heterocycles. The molecule has 8 heteroatoms. The summed E-state index contributed by atoms with van der Waals surface area (Å²) in [6.45, 7) is 2.60. The maximum atomic E-state index is 12.3. The number of hydrogen-bond acceptors (Lipinski definition) is 5. The van der Waals surface area contributed by atoms with Gasteiger partial charge in [0.15, 0.2) is 0 Å². The highest BCUT2D eigenvalue weighted by molar-refractivity contribution is 6.34. The van der Waals surface area contributed by atoms with Gasteiger partial charge in [-0.1, -0.05) is 17.7 Å². The lowest BCUT2D eigenvalue weighted by molar-refractivity contribution is -0.116. The molecule has 1 aliphatic rings. The van der Waals surface area contributed by atoms with Crippen LogP contribution in [0.15, 0.2) is 55.2 Å². The summed E-state index contributed by atoms with van der Waals surface area (Å²) < 4.78 is 0. The number of rotatable bonds is 7. The zero-order chi connectivity index (χ0) is 21.8. The second-order valence-electron chi connectivity index (χ2n) is 7.60. The van der Waals surface area contributed by atoms with Crippen LogP contribution >= 0.6 is 11.6 Å². The average molecular weight is 436 g/mol. The summed E-state index contributed by atoms with van der Waals surface area (Å²) in [6, 6.07) is 9.04. The van der Waals surface area contributed by atoms with Crippen molar-refractivity contribution in [1.29, 1.82) is 0 Å². The van der Waals surface area contributed by atoms with Crippen molar-refractivity contribution in [3.8, 4) is 11.3 Å². The fourth-order valence-corrected chi connectivity index (χ4v) is 3.53. The van der Waals surface area contributed by atoms with Crippen LogP contribution in [-0.4, -0.2) is 33.3 Å². The number of hydrogen-bond donors (Lipinski definition) is 1. The fourth-order valence-electron chi connectivity index (χ4n) is 3.24. The molecular formula is C23H22ClN5O2. The Morgan fingerprint density at radius 3 is 2.52 bits per heavy atom. The summed E-state index contributed by atoms with van der Waals surface area (Å²) in [6.07, 6.45) is 8.59. The van der Waals surface area contributed by atoms with E-state index in [0.29, 0.717) is 41.0 Å². The molecule has 2 amide bonds. The number of anilines is 1. The third kappa shape index (κ3) is 5.24. The Hall–Kier alpha value is -3.32. The monoisotopic (exact) mass is 435 g/mol. The topological polar surface area (TPSA) is 88.1 Å². The van der Waals surface area contributed by atoms with Gasteiger partial charge in [-0.15, -0.1) is 0 Å². The molecule has 1 aliphatic carbocycles. The lowest BCUT2D eigenvalue weighted by Crippen LogP contribution is -2.30. The van der Waals surface area contributed by atoms with Crippen LogP contribution in [0.3, 0.4) is 0 Å². The average Bonchev–Trinajstić information content (AvgIpc) is 3.61. The van der Waals surface area contributed by atoms with E-state index < -0.39 is 0 Å². The largest absolute Gasteiger partial charge is 0.348 e. The van der Waals surface area contributed by atoms with Gasteiger partial charge in [0.05, 0.1) is 22.0 Å². The standard InChI is InChI=1S/C23H22ClN5O2/c1-15(30)29(13-16-2-3-16)22-7-5-18(8-20(22)24)21-6-4-19(12-27-21)23(31)28-11-17-9-25-14-26-10-17/h4-10,12,14,16H,2-3,11,13H2,1H3,(H,28,31). The summed E-state index contributed by atoms with van der Waals surface area (Å²) in [5, 5.41) is 3.32. The second-order valence-corrected chi connectivity index (χ2v) is 8.01. The molecule has 31 heavy (non-hydrogen) atoms. The van der Waals surface area contributed by atoms with E-state index in [-0.39, 0.29) is 11.8 Å². The van der Waals surface area contributed by atoms with Crippen LogP contribution < -0.4 is 10.2 Å². The fraction of sp³-hybridized carbons (Fsp3) is 0.261. The quantitative estimate of drug-likeness (QED) is 0.608. The Bertz CT molecular complexity index is 1080. The highest BCUT2D eigenvalue weighted by Gasteiger charge is 2.27. The first-order valence-corrected chi connectivity index (χ1v) is 10.4. The summed E-state index contributed by atoms with van der Waals surface area (Å²) in [4.78, 5) is 38.4. The summed E-state index contributed by atoms with van der Waals surface area (Å²) in [7, 11) is 0. The van der Waals surface area contributed by atoms with Gasteiger partial charge in [0.2, 0.25) is 5.91 Å². The van der Waals surface area contributed by atoms with Gasteiger partial charge in [-0.3, -0.25) is 14.6 Å². The predicted molar refractivity (Wildman–Crippen MR) is 119 cm³/mol. The molecule has 3 aromatic rings. The van der Waals surface area contributed by atoms with Gasteiger partial charge in [0.1, 0.15) is 6.33 Å². The van der Waals surface area contributed by atoms with E-state index in [9.17, 15) is 9.59 Å². The molecule has 1 saturated carbocycles. The van der Waals surface area contributed by atoms with Crippen molar-refractivity contribution in [2.24, 2.45) is 5.92 Å². The first-order valence-electron chi connectivity index (χ1n) is 10.1. The molecule has 0 saturated heterocycles. The second kappa shape index (κ2) is 9.22. The van der Waals surface area contributed by atoms with Crippen LogP contribution in [0.5, 0.6) is 0 Å². The number of carbonyl (C=O) groups excluding carboxylic acids is 2. The Kier molecular flexibility index (Phi) is 6.23. The Balaban J connectivity index is 1.45. The van der Waals surface area contributed by atoms with E-state index in [1.807, 2.05) is 12.1 Å². The number of carbonyl (C=O) groups is 2. The SMILES string of the molecule is CC(=O)N(CC1CC1)c1ccc(-c2ccc(C(=O)NCc3cncnc3)cn2)cc1Cl. The Morgan fingerprint density at radius 2 is 1.90 bits per heavy atom. The normalized spacial score (nSPS) is 13.0. The van der Waals surface area contributed by atoms with Gasteiger partial charge in [-0.25, -0.2) is 9.97 Å². The van der Waals surface area contributed by atoms with Crippen molar-refractivity contribution >= 4 is 29.1 Å². The van der Waals surface area contributed by atoms with Crippen molar-refractivity contribution in [2.75, 3.05) is 11.4 Å². The van der Waals surface area contributed by atoms with Crippen LogP contribution in [0.4, 0.5) is 5.69 Å². The molecule has 1 N–H and O–H groups in total. The molecule has 0 unspecified atom stereocenters. The van der Waals surface area contributed by atoms with E-state index in [2.05, 4.69) is 20.3 Å². The number of nitrogens with zero attached hydrogens (tertiary/aromatic N) is 4. The van der Waals surface area contributed by atoms with Crippen LogP contribution in [0.1, 0.15) is 35.7 Å². The first kappa shape index (κ1) is 20.9. The van der Waals surface area contributed by atoms with Gasteiger partial charge in [0.25, 0.3) is 5.91 Å². The van der Waals surface area contributed by atoms with Gasteiger partial charge in [-0.2, -0.15) is 0 Å². The van der Waals surface area contributed by atoms with E-state index in [1.165, 1.54) is 12.5 Å². The minimum atomic E-state index is -0.228. The molecule has 158 valence electrons. The predicted octanol–water partition coefficient (Wildman–Crippen LogP) is 3.88. The minimum absolute atomic E-state index is 0.0166. The lowest BCUT2D eigenvalue weighted by Gasteiger charge is -2.22. The zero-order valence-electron chi connectivity index (χ0n) is 17.1. The van der Waals surface area contributed by atoms with Crippen molar-refractivity contribution < 1.29 is 9.59 Å². The number of nitrogens with one attached hydrogen (secondary N) is 1. The number of aromatic nitrogens is 3. The van der Waals surface area contributed by atoms with Crippen LogP contribution in [0.25, 0.3) is 11.3 Å². The summed E-state index contributed by atoms with van der Waals surface area (Å²) in [5.74, 6) is 0.319. The number of halogens is 1. The molecule has 2 aromatic heterocycles. The zero-order valence-corrected chi connectivity index (χ0v) is 17.8. The third-order valence-electron chi connectivity index (χ3n) is 5.14. The van der Waals surface area contributed by atoms with E-state index in [1.54, 1.807) is 42.4 Å². The summed E-state index contributed by atoms with van der Waals surface area (Å²) in [5.41, 5.74) is 3.49. The van der Waals surface area contributed by atoms with Crippen molar-refractivity contribution in [3.05, 3.63) is 71.4 Å². The highest BCUT2D eigenvalue weighted by atomic mass is 35.5. The van der Waals surface area contributed by atoms with E-state index in [0.717, 1.165) is 24.0 Å². The minimum Gasteiger partial charge on any atom is -0.348 e. The van der Waals surface area contributed by atoms with Crippen LogP contribution in [0.2, 0.25) is 5.02 Å². The van der Waals surface area contributed by atoms with Gasteiger partial charge < -0.3 is 10.2 Å². The first-order chi connectivity index (χ1) is 15.0. The number of amides is 2. The maximum absolute atomic E-state index is 12.3. The Morgan fingerprint density at radius 1 is 1.13 bits per heavy atom. The number of pyridine rings is 1. The van der Waals surface area contributed by atoms with Crippen LogP contribution in [0, 0.1) is 5.92 Å². The molecule has 1 aromatic carbocycles. The van der Waals surface area contributed by atoms with Gasteiger partial charge in [0, 0.05) is 49.7 Å². The lowest BCUT2D eigenvalue weighted by atomic mass is 10.1. The smallest absolute Gasteiger partial charge is 0.253 e. The molecule has 1 fully saturated rings.